The highest BCUT2D eigenvalue weighted by Gasteiger charge is 1.88. The summed E-state index contributed by atoms with van der Waals surface area (Å²) in [5, 5.41) is 0. The molecule has 50 valence electrons. The predicted molar refractivity (Wildman–Crippen MR) is 43.4 cm³/mol. The van der Waals surface area contributed by atoms with Crippen LogP contribution >= 0.6 is 0 Å². The third-order valence-corrected chi connectivity index (χ3v) is 1.26. The van der Waals surface area contributed by atoms with Crippen LogP contribution in [0.3, 0.4) is 0 Å². The number of hydrogen-bond donors (Lipinski definition) is 0. The van der Waals surface area contributed by atoms with Crippen molar-refractivity contribution in [1.82, 2.24) is 0 Å². The van der Waals surface area contributed by atoms with Crippen molar-refractivity contribution in [3.05, 3.63) is 36.5 Å². The van der Waals surface area contributed by atoms with Crippen molar-refractivity contribution >= 4 is 0 Å². The molecule has 0 atom stereocenters. The van der Waals surface area contributed by atoms with Crippen LogP contribution in [0.4, 0.5) is 0 Å². The van der Waals surface area contributed by atoms with E-state index in [1.54, 1.807) is 0 Å². The fraction of sp³-hybridized carbons (Fsp3) is 0.333. The van der Waals surface area contributed by atoms with Gasteiger partial charge in [0.25, 0.3) is 0 Å². The van der Waals surface area contributed by atoms with Crippen molar-refractivity contribution in [1.29, 1.82) is 0 Å². The van der Waals surface area contributed by atoms with E-state index in [1.807, 2.05) is 6.08 Å². The first-order valence-corrected chi connectivity index (χ1v) is 2.92. The van der Waals surface area contributed by atoms with E-state index in [1.165, 1.54) is 18.4 Å². The first kappa shape index (κ1) is 8.22. The molecule has 0 amide bonds. The zero-order valence-electron chi connectivity index (χ0n) is 4.93. The summed E-state index contributed by atoms with van der Waals surface area (Å²) in [4.78, 5) is 0. The van der Waals surface area contributed by atoms with Gasteiger partial charge in [-0.1, -0.05) is 38.3 Å². The maximum absolute atomic E-state index is 3.66. The monoisotopic (exact) mass is 122 g/mol. The molecule has 1 aliphatic carbocycles. The Morgan fingerprint density at radius 3 is 2.56 bits per heavy atom. The Balaban J connectivity index is 0.000000640. The number of hydrogen-bond acceptors (Lipinski definition) is 0. The fourth-order valence-electron chi connectivity index (χ4n) is 0.785. The minimum atomic E-state index is 0. The van der Waals surface area contributed by atoms with Crippen LogP contribution in [0.2, 0.25) is 0 Å². The summed E-state index contributed by atoms with van der Waals surface area (Å²) in [5.74, 6) is 0. The van der Waals surface area contributed by atoms with Gasteiger partial charge in [-0.05, 0) is 18.4 Å². The second-order valence-corrected chi connectivity index (χ2v) is 1.89. The zero-order valence-corrected chi connectivity index (χ0v) is 4.93. The second-order valence-electron chi connectivity index (χ2n) is 1.89. The van der Waals surface area contributed by atoms with Gasteiger partial charge in [0.05, 0.1) is 0 Å². The largest absolute Gasteiger partial charge is 0.0985 e. The molecule has 0 aromatic carbocycles. The van der Waals surface area contributed by atoms with Crippen molar-refractivity contribution in [2.75, 3.05) is 0 Å². The molecule has 1 aliphatic rings. The van der Waals surface area contributed by atoms with Gasteiger partial charge in [0.15, 0.2) is 0 Å². The Morgan fingerprint density at radius 1 is 1.44 bits per heavy atom. The lowest BCUT2D eigenvalue weighted by Crippen LogP contribution is -1.77. The molecule has 0 aromatic heterocycles. The molecular weight excluding hydrogens is 108 g/mol. The van der Waals surface area contributed by atoms with Gasteiger partial charge in [-0.3, -0.25) is 0 Å². The van der Waals surface area contributed by atoms with Crippen LogP contribution in [0.1, 0.15) is 20.3 Å². The summed E-state index contributed by atoms with van der Waals surface area (Å²) >= 11 is 0. The molecule has 0 heteroatoms. The maximum Gasteiger partial charge on any atom is -0.0306 e. The third-order valence-electron chi connectivity index (χ3n) is 1.26. The lowest BCUT2D eigenvalue weighted by molar-refractivity contribution is 1.03. The van der Waals surface area contributed by atoms with Gasteiger partial charge >= 0.3 is 0 Å². The van der Waals surface area contributed by atoms with Crippen molar-refractivity contribution in [2.24, 2.45) is 0 Å². The van der Waals surface area contributed by atoms with Crippen LogP contribution in [0.5, 0.6) is 0 Å². The van der Waals surface area contributed by atoms with Gasteiger partial charge < -0.3 is 0 Å². The first-order chi connectivity index (χ1) is 3.93. The van der Waals surface area contributed by atoms with E-state index < -0.39 is 0 Å². The van der Waals surface area contributed by atoms with Gasteiger partial charge in [-0.25, -0.2) is 0 Å². The van der Waals surface area contributed by atoms with E-state index >= 15 is 0 Å². The van der Waals surface area contributed by atoms with Crippen molar-refractivity contribution in [3.8, 4) is 0 Å². The normalized spacial score (nSPS) is 15.8. The molecule has 0 unspecified atom stereocenters. The van der Waals surface area contributed by atoms with Gasteiger partial charge in [-0.2, -0.15) is 0 Å². The topological polar surface area (TPSA) is 0 Å². The summed E-state index contributed by atoms with van der Waals surface area (Å²) in [7, 11) is 0. The summed E-state index contributed by atoms with van der Waals surface area (Å²) in [6.45, 7) is 3.66. The predicted octanol–water partition coefficient (Wildman–Crippen LogP) is 3.08. The molecule has 0 N–H and O–H groups in total. The molecule has 0 bridgehead atoms. The van der Waals surface area contributed by atoms with Crippen LogP contribution in [0.15, 0.2) is 36.5 Å². The molecule has 0 heterocycles. The van der Waals surface area contributed by atoms with Gasteiger partial charge in [0.2, 0.25) is 0 Å². The minimum absolute atomic E-state index is 0. The standard InChI is InChI=1S/C8H10.CH4/c1-2-8-6-4-3-5-7-8;/h2,4,6-7H,1,3,5H2;1H4. The summed E-state index contributed by atoms with van der Waals surface area (Å²) in [6, 6.07) is 0. The van der Waals surface area contributed by atoms with Crippen molar-refractivity contribution in [2.45, 2.75) is 20.3 Å². The highest BCUT2D eigenvalue weighted by atomic mass is 13.9. The molecule has 0 saturated heterocycles. The molecular formula is C9H14. The van der Waals surface area contributed by atoms with E-state index in [0.29, 0.717) is 0 Å². The molecule has 0 aliphatic heterocycles. The quantitative estimate of drug-likeness (QED) is 0.501. The van der Waals surface area contributed by atoms with Crippen molar-refractivity contribution < 1.29 is 0 Å². The van der Waals surface area contributed by atoms with Crippen LogP contribution < -0.4 is 0 Å². The maximum atomic E-state index is 3.66. The van der Waals surface area contributed by atoms with Crippen LogP contribution in [0, 0.1) is 0 Å². The van der Waals surface area contributed by atoms with Crippen LogP contribution in [-0.4, -0.2) is 0 Å². The average Bonchev–Trinajstić information content (AvgIpc) is 1.90. The number of allylic oxidation sites excluding steroid dienone is 5. The Labute approximate surface area is 57.6 Å². The highest BCUT2D eigenvalue weighted by molar-refractivity contribution is 5.31. The Bertz CT molecular complexity index is 138. The Hall–Kier alpha value is -0.780. The number of rotatable bonds is 1. The molecule has 9 heavy (non-hydrogen) atoms. The molecule has 0 aromatic rings. The van der Waals surface area contributed by atoms with E-state index in [-0.39, 0.29) is 7.43 Å². The Kier molecular flexibility index (Phi) is 3.78. The summed E-state index contributed by atoms with van der Waals surface area (Å²) < 4.78 is 0. The summed E-state index contributed by atoms with van der Waals surface area (Å²) in [5.41, 5.74) is 1.26. The Morgan fingerprint density at radius 2 is 2.22 bits per heavy atom. The minimum Gasteiger partial charge on any atom is -0.0985 e. The van der Waals surface area contributed by atoms with E-state index in [2.05, 4.69) is 24.8 Å². The van der Waals surface area contributed by atoms with Crippen molar-refractivity contribution in [3.63, 3.8) is 0 Å². The summed E-state index contributed by atoms with van der Waals surface area (Å²) in [6.07, 6.45) is 10.7. The van der Waals surface area contributed by atoms with Crippen LogP contribution in [-0.2, 0) is 0 Å². The fourth-order valence-corrected chi connectivity index (χ4v) is 0.785. The highest BCUT2D eigenvalue weighted by Crippen LogP contribution is 2.08. The van der Waals surface area contributed by atoms with Gasteiger partial charge in [0, 0.05) is 0 Å². The van der Waals surface area contributed by atoms with Crippen LogP contribution in [0.25, 0.3) is 0 Å². The molecule has 0 fully saturated rings. The van der Waals surface area contributed by atoms with E-state index in [9.17, 15) is 0 Å². The van der Waals surface area contributed by atoms with Gasteiger partial charge in [-0.15, -0.1) is 0 Å². The molecule has 0 saturated carbocycles. The van der Waals surface area contributed by atoms with E-state index in [4.69, 9.17) is 0 Å². The molecule has 1 rings (SSSR count). The lowest BCUT2D eigenvalue weighted by atomic mass is 10.1. The van der Waals surface area contributed by atoms with Gasteiger partial charge in [0.1, 0.15) is 0 Å². The smallest absolute Gasteiger partial charge is 0.0306 e. The molecule has 0 radical (unpaired) electrons. The average molecular weight is 122 g/mol. The zero-order chi connectivity index (χ0) is 5.82. The molecule has 0 nitrogen and oxygen atoms in total. The first-order valence-electron chi connectivity index (χ1n) is 2.92. The SMILES string of the molecule is C.C=CC1=CCCC=C1. The second kappa shape index (κ2) is 4.13. The molecule has 0 spiro atoms. The third kappa shape index (κ3) is 2.31. The van der Waals surface area contributed by atoms with E-state index in [0.717, 1.165) is 0 Å². The lowest BCUT2D eigenvalue weighted by Gasteiger charge is -1.98.